The minimum atomic E-state index is 0.432. The first-order valence-corrected chi connectivity index (χ1v) is 9.28. The summed E-state index contributed by atoms with van der Waals surface area (Å²) in [6, 6.07) is 21.6. The number of nitrogens with zero attached hydrogens (tertiary/aromatic N) is 3. The molecule has 2 aromatic carbocycles. The fraction of sp³-hybridized carbons (Fsp3) is 0.227. The van der Waals surface area contributed by atoms with Crippen molar-refractivity contribution in [3.8, 4) is 5.69 Å². The molecule has 0 spiro atoms. The van der Waals surface area contributed by atoms with Crippen LogP contribution >= 0.6 is 0 Å². The quantitative estimate of drug-likeness (QED) is 0.584. The molecular weight excluding hydrogens is 320 g/mol. The first-order chi connectivity index (χ1) is 12.9. The highest BCUT2D eigenvalue weighted by atomic mass is 15.2. The molecule has 0 aliphatic carbocycles. The molecule has 5 rings (SSSR count). The number of hydrogen-bond donors (Lipinski definition) is 1. The molecule has 1 aliphatic rings. The van der Waals surface area contributed by atoms with E-state index in [1.165, 1.54) is 24.1 Å². The van der Waals surface area contributed by atoms with E-state index < -0.39 is 0 Å². The summed E-state index contributed by atoms with van der Waals surface area (Å²) < 4.78 is 2.22. The minimum Gasteiger partial charge on any atom is -0.341 e. The van der Waals surface area contributed by atoms with Crippen molar-refractivity contribution < 1.29 is 0 Å². The summed E-state index contributed by atoms with van der Waals surface area (Å²) in [5.74, 6) is 1.05. The number of fused-ring (bicyclic) bond motifs is 1. The van der Waals surface area contributed by atoms with Gasteiger partial charge in [-0.2, -0.15) is 0 Å². The Kier molecular flexibility index (Phi) is 3.83. The van der Waals surface area contributed by atoms with Crippen molar-refractivity contribution in [2.75, 3.05) is 6.54 Å². The second kappa shape index (κ2) is 6.46. The molecule has 2 aromatic heterocycles. The van der Waals surface area contributed by atoms with Gasteiger partial charge < -0.3 is 9.55 Å². The molecule has 26 heavy (non-hydrogen) atoms. The molecule has 1 fully saturated rings. The van der Waals surface area contributed by atoms with Crippen LogP contribution in [0.15, 0.2) is 73.1 Å². The van der Waals surface area contributed by atoms with Gasteiger partial charge in [-0.1, -0.05) is 30.3 Å². The summed E-state index contributed by atoms with van der Waals surface area (Å²) in [5, 5.41) is 0. The third kappa shape index (κ3) is 2.72. The predicted octanol–water partition coefficient (Wildman–Crippen LogP) is 4.69. The van der Waals surface area contributed by atoms with Crippen LogP contribution in [0.4, 0.5) is 0 Å². The second-order valence-corrected chi connectivity index (χ2v) is 6.98. The van der Waals surface area contributed by atoms with Crippen molar-refractivity contribution in [2.45, 2.75) is 25.4 Å². The third-order valence-electron chi connectivity index (χ3n) is 5.33. The second-order valence-electron chi connectivity index (χ2n) is 6.98. The van der Waals surface area contributed by atoms with Gasteiger partial charge in [0.25, 0.3) is 0 Å². The van der Waals surface area contributed by atoms with Gasteiger partial charge in [0.05, 0.1) is 17.6 Å². The molecule has 3 heterocycles. The molecule has 0 radical (unpaired) electrons. The molecule has 1 saturated heterocycles. The van der Waals surface area contributed by atoms with Crippen molar-refractivity contribution in [3.05, 3.63) is 84.4 Å². The molecule has 4 nitrogen and oxygen atoms in total. The van der Waals surface area contributed by atoms with Crippen LogP contribution in [0.3, 0.4) is 0 Å². The number of para-hydroxylation sites is 3. The fourth-order valence-corrected chi connectivity index (χ4v) is 4.14. The molecular formula is C22H22N4. The van der Waals surface area contributed by atoms with Crippen LogP contribution in [0.2, 0.25) is 0 Å². The van der Waals surface area contributed by atoms with E-state index in [2.05, 4.69) is 81.4 Å². The van der Waals surface area contributed by atoms with Crippen molar-refractivity contribution in [3.63, 3.8) is 0 Å². The summed E-state index contributed by atoms with van der Waals surface area (Å²) in [6.07, 6.45) is 6.66. The Morgan fingerprint density at radius 2 is 1.77 bits per heavy atom. The Hall–Kier alpha value is -2.85. The maximum Gasteiger partial charge on any atom is 0.121 e. The monoisotopic (exact) mass is 342 g/mol. The van der Waals surface area contributed by atoms with E-state index in [1.807, 2.05) is 6.07 Å². The zero-order valence-corrected chi connectivity index (χ0v) is 14.7. The van der Waals surface area contributed by atoms with Gasteiger partial charge in [0.2, 0.25) is 0 Å². The van der Waals surface area contributed by atoms with Gasteiger partial charge in [-0.3, -0.25) is 4.90 Å². The van der Waals surface area contributed by atoms with Crippen molar-refractivity contribution in [2.24, 2.45) is 0 Å². The number of nitrogens with one attached hydrogen (secondary N) is 1. The molecule has 1 N–H and O–H groups in total. The average Bonchev–Trinajstić information content (AvgIpc) is 3.42. The maximum atomic E-state index is 4.77. The molecule has 4 heteroatoms. The highest BCUT2D eigenvalue weighted by Crippen LogP contribution is 2.36. The molecule has 1 aliphatic heterocycles. The maximum absolute atomic E-state index is 4.77. The van der Waals surface area contributed by atoms with Gasteiger partial charge in [-0.05, 0) is 55.3 Å². The normalized spacial score (nSPS) is 17.9. The highest BCUT2D eigenvalue weighted by molar-refractivity contribution is 5.74. The number of rotatable bonds is 4. The Labute approximate surface area is 153 Å². The molecule has 0 amide bonds. The van der Waals surface area contributed by atoms with E-state index in [9.17, 15) is 0 Å². The van der Waals surface area contributed by atoms with E-state index in [0.29, 0.717) is 6.04 Å². The van der Waals surface area contributed by atoms with Crippen LogP contribution in [0.5, 0.6) is 0 Å². The predicted molar refractivity (Wildman–Crippen MR) is 104 cm³/mol. The topological polar surface area (TPSA) is 36.9 Å². The summed E-state index contributed by atoms with van der Waals surface area (Å²) in [7, 11) is 0. The van der Waals surface area contributed by atoms with Crippen molar-refractivity contribution >= 4 is 11.0 Å². The first kappa shape index (κ1) is 15.4. The van der Waals surface area contributed by atoms with E-state index >= 15 is 0 Å². The number of H-pyrrole nitrogens is 1. The van der Waals surface area contributed by atoms with E-state index in [4.69, 9.17) is 4.98 Å². The summed E-state index contributed by atoms with van der Waals surface area (Å²) in [5.41, 5.74) is 4.84. The molecule has 130 valence electrons. The molecule has 1 atom stereocenters. The molecule has 4 aromatic rings. The van der Waals surface area contributed by atoms with Crippen LogP contribution in [0, 0.1) is 0 Å². The van der Waals surface area contributed by atoms with E-state index in [1.54, 1.807) is 0 Å². The number of likely N-dealkylation sites (tertiary alicyclic amines) is 1. The Morgan fingerprint density at radius 3 is 2.65 bits per heavy atom. The molecule has 0 bridgehead atoms. The third-order valence-corrected chi connectivity index (χ3v) is 5.33. The Balaban J connectivity index is 1.46. The number of hydrogen-bond acceptors (Lipinski definition) is 2. The van der Waals surface area contributed by atoms with Crippen LogP contribution in [-0.4, -0.2) is 26.0 Å². The smallest absolute Gasteiger partial charge is 0.121 e. The standard InChI is InChI=1S/C22H22N4/c1-4-11-20(25-13-5-6-14-25)17(8-1)21-12-7-15-26(21)16-22-23-18-9-2-3-10-19(18)24-22/h1-6,8-11,13-14,21H,7,12,15-16H2,(H,23,24)/t21-/m0/s1. The number of imidazole rings is 1. The zero-order chi connectivity index (χ0) is 17.3. The van der Waals surface area contributed by atoms with Gasteiger partial charge in [0.1, 0.15) is 5.82 Å². The zero-order valence-electron chi connectivity index (χ0n) is 14.7. The van der Waals surface area contributed by atoms with Crippen LogP contribution in [-0.2, 0) is 6.54 Å². The van der Waals surface area contributed by atoms with Crippen LogP contribution in [0.25, 0.3) is 16.7 Å². The SMILES string of the molecule is c1ccc(-n2cccc2)c([C@@H]2CCCN2Cc2nc3ccccc3[nH]2)c1. The average molecular weight is 342 g/mol. The van der Waals surface area contributed by atoms with Gasteiger partial charge in [-0.15, -0.1) is 0 Å². The van der Waals surface area contributed by atoms with Crippen molar-refractivity contribution in [1.29, 1.82) is 0 Å². The summed E-state index contributed by atoms with van der Waals surface area (Å²) in [6.45, 7) is 1.97. The van der Waals surface area contributed by atoms with E-state index in [0.717, 1.165) is 29.9 Å². The number of aromatic nitrogens is 3. The van der Waals surface area contributed by atoms with Gasteiger partial charge in [0.15, 0.2) is 0 Å². The Bertz CT molecular complexity index is 983. The lowest BCUT2D eigenvalue weighted by molar-refractivity contribution is 0.243. The summed E-state index contributed by atoms with van der Waals surface area (Å²) >= 11 is 0. The van der Waals surface area contributed by atoms with Gasteiger partial charge in [0, 0.05) is 24.1 Å². The molecule has 0 unspecified atom stereocenters. The lowest BCUT2D eigenvalue weighted by Crippen LogP contribution is -2.24. The molecule has 0 saturated carbocycles. The van der Waals surface area contributed by atoms with Crippen LogP contribution < -0.4 is 0 Å². The van der Waals surface area contributed by atoms with Gasteiger partial charge >= 0.3 is 0 Å². The lowest BCUT2D eigenvalue weighted by atomic mass is 10.0. The first-order valence-electron chi connectivity index (χ1n) is 9.28. The number of benzene rings is 2. The number of aromatic amines is 1. The largest absolute Gasteiger partial charge is 0.341 e. The van der Waals surface area contributed by atoms with Gasteiger partial charge in [-0.25, -0.2) is 4.98 Å². The van der Waals surface area contributed by atoms with Crippen molar-refractivity contribution in [1.82, 2.24) is 19.4 Å². The fourth-order valence-electron chi connectivity index (χ4n) is 4.14. The summed E-state index contributed by atoms with van der Waals surface area (Å²) in [4.78, 5) is 10.8. The highest BCUT2D eigenvalue weighted by Gasteiger charge is 2.28. The van der Waals surface area contributed by atoms with E-state index in [-0.39, 0.29) is 0 Å². The van der Waals surface area contributed by atoms with Crippen LogP contribution in [0.1, 0.15) is 30.3 Å². The lowest BCUT2D eigenvalue weighted by Gasteiger charge is -2.26. The minimum absolute atomic E-state index is 0.432. The Morgan fingerprint density at radius 1 is 0.962 bits per heavy atom.